The molecule has 3 rings (SSSR count). The summed E-state index contributed by atoms with van der Waals surface area (Å²) in [5, 5.41) is 0.721. The van der Waals surface area contributed by atoms with Crippen molar-refractivity contribution in [1.29, 1.82) is 0 Å². The maximum atomic E-state index is 12.9. The summed E-state index contributed by atoms with van der Waals surface area (Å²) in [6.07, 6.45) is 1.76. The molecule has 0 aliphatic carbocycles. The van der Waals surface area contributed by atoms with Crippen molar-refractivity contribution in [1.82, 2.24) is 4.90 Å². The Bertz CT molecular complexity index is 969. The molecule has 0 unspecified atom stereocenters. The zero-order valence-electron chi connectivity index (χ0n) is 13.5. The van der Waals surface area contributed by atoms with Crippen molar-refractivity contribution < 1.29 is 9.21 Å². The highest BCUT2D eigenvalue weighted by molar-refractivity contribution is 6.11. The molecule has 0 bridgehead atoms. The van der Waals surface area contributed by atoms with E-state index >= 15 is 0 Å². The summed E-state index contributed by atoms with van der Waals surface area (Å²) in [5.74, 6) is -0.358. The lowest BCUT2D eigenvalue weighted by Gasteiger charge is -2.16. The largest absolute Gasteiger partial charge is 0.422 e. The molecule has 4 nitrogen and oxygen atoms in total. The highest BCUT2D eigenvalue weighted by atomic mass is 16.4. The summed E-state index contributed by atoms with van der Waals surface area (Å²) in [7, 11) is 3.55. The van der Waals surface area contributed by atoms with E-state index in [4.69, 9.17) is 4.42 Å². The maximum Gasteiger partial charge on any atom is 0.347 e. The van der Waals surface area contributed by atoms with Crippen molar-refractivity contribution in [2.75, 3.05) is 14.1 Å². The van der Waals surface area contributed by atoms with Gasteiger partial charge in [0.2, 0.25) is 5.78 Å². The average Bonchev–Trinajstić information content (AvgIpc) is 2.59. The summed E-state index contributed by atoms with van der Waals surface area (Å²) >= 11 is 0. The van der Waals surface area contributed by atoms with Crippen LogP contribution >= 0.6 is 0 Å². The van der Waals surface area contributed by atoms with E-state index in [1.807, 2.05) is 42.5 Å². The Morgan fingerprint density at radius 1 is 1.00 bits per heavy atom. The van der Waals surface area contributed by atoms with E-state index in [0.29, 0.717) is 11.3 Å². The van der Waals surface area contributed by atoms with E-state index in [-0.39, 0.29) is 11.3 Å². The van der Waals surface area contributed by atoms with Crippen LogP contribution in [0.2, 0.25) is 0 Å². The van der Waals surface area contributed by atoms with Gasteiger partial charge < -0.3 is 9.32 Å². The number of hydrogen-bond donors (Lipinski definition) is 0. The molecular formula is C20H17NO3. The summed E-state index contributed by atoms with van der Waals surface area (Å²) in [6, 6.07) is 18.2. The number of fused-ring (bicyclic) bond motifs is 1. The number of nitrogens with zero attached hydrogens (tertiary/aromatic N) is 1. The topological polar surface area (TPSA) is 50.5 Å². The Morgan fingerprint density at radius 2 is 1.67 bits per heavy atom. The lowest BCUT2D eigenvalue weighted by molar-refractivity contribution is 0.100. The number of Topliss-reactive ketones (excluding diaryl/α,β-unsaturated/α-hetero) is 1. The Labute approximate surface area is 139 Å². The second-order valence-corrected chi connectivity index (χ2v) is 5.65. The van der Waals surface area contributed by atoms with Gasteiger partial charge in [-0.05, 0) is 23.8 Å². The molecule has 3 aromatic rings. The van der Waals surface area contributed by atoms with Crippen LogP contribution in [-0.4, -0.2) is 24.8 Å². The van der Waals surface area contributed by atoms with Gasteiger partial charge in [-0.25, -0.2) is 4.79 Å². The number of carbonyl (C=O) groups is 1. The number of carbonyl (C=O) groups excluding carboxylic acids is 1. The Kier molecular flexibility index (Phi) is 4.29. The van der Waals surface area contributed by atoms with Gasteiger partial charge in [0, 0.05) is 19.5 Å². The summed E-state index contributed by atoms with van der Waals surface area (Å²) in [4.78, 5) is 26.8. The molecule has 24 heavy (non-hydrogen) atoms. The molecule has 4 heteroatoms. The van der Waals surface area contributed by atoms with Crippen molar-refractivity contribution in [3.8, 4) is 0 Å². The predicted octanol–water partition coefficient (Wildman–Crippen LogP) is 3.58. The lowest BCUT2D eigenvalue weighted by Crippen LogP contribution is -2.23. The van der Waals surface area contributed by atoms with Crippen molar-refractivity contribution in [3.63, 3.8) is 0 Å². The molecule has 0 radical (unpaired) electrons. The van der Waals surface area contributed by atoms with Crippen molar-refractivity contribution in [3.05, 3.63) is 87.9 Å². The summed E-state index contributed by atoms with van der Waals surface area (Å²) in [6.45, 7) is 0. The van der Waals surface area contributed by atoms with Gasteiger partial charge in [0.15, 0.2) is 0 Å². The van der Waals surface area contributed by atoms with Crippen LogP contribution in [0.1, 0.15) is 15.9 Å². The first-order chi connectivity index (χ1) is 11.6. The SMILES string of the molecule is CN(C)C(=Cc1ccccc1)C(=O)c1cc2ccccc2oc1=O. The van der Waals surface area contributed by atoms with Crippen molar-refractivity contribution in [2.45, 2.75) is 0 Å². The molecule has 0 aliphatic rings. The Hall–Kier alpha value is -3.14. The van der Waals surface area contributed by atoms with Gasteiger partial charge in [-0.1, -0.05) is 48.5 Å². The molecule has 0 saturated heterocycles. The molecule has 0 aliphatic heterocycles. The number of allylic oxidation sites excluding steroid dienone is 1. The molecule has 0 fully saturated rings. The van der Waals surface area contributed by atoms with Gasteiger partial charge >= 0.3 is 5.63 Å². The maximum absolute atomic E-state index is 12.9. The molecule has 1 aromatic heterocycles. The molecule has 0 atom stereocenters. The predicted molar refractivity (Wildman–Crippen MR) is 94.9 cm³/mol. The number of ketones is 1. The quantitative estimate of drug-likeness (QED) is 0.419. The standard InChI is InChI=1S/C20H17NO3/c1-21(2)17(12-14-8-4-3-5-9-14)19(22)16-13-15-10-6-7-11-18(15)24-20(16)23/h3-13H,1-2H3. The van der Waals surface area contributed by atoms with Crippen LogP contribution in [0.15, 0.2) is 75.6 Å². The van der Waals surface area contributed by atoms with Crippen LogP contribution in [-0.2, 0) is 0 Å². The third kappa shape index (κ3) is 3.13. The number of benzene rings is 2. The number of para-hydroxylation sites is 1. The highest BCUT2D eigenvalue weighted by Crippen LogP contribution is 2.17. The first-order valence-corrected chi connectivity index (χ1v) is 7.58. The third-order valence-electron chi connectivity index (χ3n) is 3.70. The third-order valence-corrected chi connectivity index (χ3v) is 3.70. The van der Waals surface area contributed by atoms with E-state index < -0.39 is 5.63 Å². The monoisotopic (exact) mass is 319 g/mol. The lowest BCUT2D eigenvalue weighted by atomic mass is 10.1. The summed E-state index contributed by atoms with van der Waals surface area (Å²) < 4.78 is 5.27. The number of likely N-dealkylation sites (N-methyl/N-ethyl adjacent to an activating group) is 1. The van der Waals surface area contributed by atoms with Gasteiger partial charge in [-0.3, -0.25) is 4.79 Å². The van der Waals surface area contributed by atoms with Crippen LogP contribution in [0.4, 0.5) is 0 Å². The Balaban J connectivity index is 2.10. The second-order valence-electron chi connectivity index (χ2n) is 5.65. The molecule has 120 valence electrons. The molecular weight excluding hydrogens is 302 g/mol. The fourth-order valence-corrected chi connectivity index (χ4v) is 2.46. The average molecular weight is 319 g/mol. The second kappa shape index (κ2) is 6.54. The molecule has 2 aromatic carbocycles. The molecule has 0 spiro atoms. The zero-order valence-corrected chi connectivity index (χ0v) is 13.5. The molecule has 0 amide bonds. The van der Waals surface area contributed by atoms with Crippen LogP contribution in [0.5, 0.6) is 0 Å². The van der Waals surface area contributed by atoms with Crippen LogP contribution in [0.25, 0.3) is 17.0 Å². The first kappa shape index (κ1) is 15.7. The highest BCUT2D eigenvalue weighted by Gasteiger charge is 2.19. The van der Waals surface area contributed by atoms with E-state index in [2.05, 4.69) is 0 Å². The van der Waals surface area contributed by atoms with E-state index in [0.717, 1.165) is 10.9 Å². The smallest absolute Gasteiger partial charge is 0.347 e. The normalized spacial score (nSPS) is 11.5. The van der Waals surface area contributed by atoms with Gasteiger partial charge in [0.1, 0.15) is 11.1 Å². The fraction of sp³-hybridized carbons (Fsp3) is 0.100. The Morgan fingerprint density at radius 3 is 2.38 bits per heavy atom. The van der Waals surface area contributed by atoms with Gasteiger partial charge in [0.05, 0.1) is 5.70 Å². The van der Waals surface area contributed by atoms with Gasteiger partial charge in [-0.2, -0.15) is 0 Å². The van der Waals surface area contributed by atoms with Gasteiger partial charge in [-0.15, -0.1) is 0 Å². The molecule has 1 heterocycles. The number of rotatable bonds is 4. The minimum Gasteiger partial charge on any atom is -0.422 e. The van der Waals surface area contributed by atoms with Gasteiger partial charge in [0.25, 0.3) is 0 Å². The first-order valence-electron chi connectivity index (χ1n) is 7.58. The van der Waals surface area contributed by atoms with E-state index in [9.17, 15) is 9.59 Å². The fourth-order valence-electron chi connectivity index (χ4n) is 2.46. The number of hydrogen-bond acceptors (Lipinski definition) is 4. The van der Waals surface area contributed by atoms with Crippen molar-refractivity contribution in [2.24, 2.45) is 0 Å². The van der Waals surface area contributed by atoms with Crippen LogP contribution in [0.3, 0.4) is 0 Å². The van der Waals surface area contributed by atoms with Crippen LogP contribution < -0.4 is 5.63 Å². The van der Waals surface area contributed by atoms with E-state index in [1.54, 1.807) is 43.3 Å². The summed E-state index contributed by atoms with van der Waals surface area (Å²) in [5.41, 5.74) is 1.19. The molecule has 0 N–H and O–H groups in total. The molecule has 0 saturated carbocycles. The minimum absolute atomic E-state index is 0.0320. The van der Waals surface area contributed by atoms with E-state index in [1.165, 1.54) is 0 Å². The van der Waals surface area contributed by atoms with Crippen LogP contribution in [0, 0.1) is 0 Å². The minimum atomic E-state index is -0.625. The van der Waals surface area contributed by atoms with Crippen molar-refractivity contribution >= 4 is 22.8 Å². The zero-order chi connectivity index (χ0) is 17.1.